The fourth-order valence-electron chi connectivity index (χ4n) is 2.53. The summed E-state index contributed by atoms with van der Waals surface area (Å²) < 4.78 is 5.60. The Kier molecular flexibility index (Phi) is 3.52. The molecule has 4 nitrogen and oxygen atoms in total. The number of benzene rings is 2. The molecule has 0 aliphatic carbocycles. The number of ether oxygens (including phenoxy) is 1. The van der Waals surface area contributed by atoms with Crippen LogP contribution >= 0.6 is 0 Å². The van der Waals surface area contributed by atoms with E-state index in [1.807, 2.05) is 54.3 Å². The highest BCUT2D eigenvalue weighted by Gasteiger charge is 2.22. The zero-order valence-electron chi connectivity index (χ0n) is 12.0. The van der Waals surface area contributed by atoms with E-state index in [0.717, 1.165) is 22.6 Å². The standard InChI is InChI=1S/C17H18N2O2/c1-12-5-7-13(8-6-12)15(20)11-19-9-10-21-16-4-2-3-14(18)17(16)19/h2-8H,9-11,18H2,1H3. The van der Waals surface area contributed by atoms with E-state index in [1.54, 1.807) is 0 Å². The van der Waals surface area contributed by atoms with Gasteiger partial charge in [0.25, 0.3) is 0 Å². The third-order valence-corrected chi connectivity index (χ3v) is 3.67. The number of Topliss-reactive ketones (excluding diaryl/α,β-unsaturated/α-hetero) is 1. The molecule has 4 heteroatoms. The van der Waals surface area contributed by atoms with Gasteiger partial charge in [-0.3, -0.25) is 4.79 Å². The van der Waals surface area contributed by atoms with Gasteiger partial charge in [-0.2, -0.15) is 0 Å². The Bertz CT molecular complexity index is 665. The van der Waals surface area contributed by atoms with E-state index < -0.39 is 0 Å². The number of carbonyl (C=O) groups is 1. The van der Waals surface area contributed by atoms with Crippen LogP contribution in [0.25, 0.3) is 0 Å². The van der Waals surface area contributed by atoms with Gasteiger partial charge in [0.15, 0.2) is 5.78 Å². The summed E-state index contributed by atoms with van der Waals surface area (Å²) in [6, 6.07) is 13.2. The molecule has 0 fully saturated rings. The van der Waals surface area contributed by atoms with E-state index in [2.05, 4.69) is 0 Å². The molecule has 0 bridgehead atoms. The lowest BCUT2D eigenvalue weighted by Crippen LogP contribution is -2.37. The number of hydrogen-bond donors (Lipinski definition) is 1. The third kappa shape index (κ3) is 2.70. The third-order valence-electron chi connectivity index (χ3n) is 3.67. The number of anilines is 2. The molecule has 0 atom stereocenters. The van der Waals surface area contributed by atoms with Crippen molar-refractivity contribution < 1.29 is 9.53 Å². The largest absolute Gasteiger partial charge is 0.489 e. The maximum atomic E-state index is 12.4. The molecule has 0 amide bonds. The number of nitrogen functional groups attached to an aromatic ring is 1. The van der Waals surface area contributed by atoms with E-state index >= 15 is 0 Å². The first-order valence-corrected chi connectivity index (χ1v) is 7.01. The molecule has 0 aromatic heterocycles. The molecule has 2 aromatic rings. The molecule has 2 aromatic carbocycles. The minimum Gasteiger partial charge on any atom is -0.489 e. The molecule has 2 N–H and O–H groups in total. The van der Waals surface area contributed by atoms with Crippen LogP contribution in [-0.2, 0) is 0 Å². The average molecular weight is 282 g/mol. The monoisotopic (exact) mass is 282 g/mol. The van der Waals surface area contributed by atoms with Crippen LogP contribution in [0, 0.1) is 6.92 Å². The van der Waals surface area contributed by atoms with Crippen LogP contribution in [-0.4, -0.2) is 25.5 Å². The van der Waals surface area contributed by atoms with E-state index in [0.29, 0.717) is 25.4 Å². The number of nitrogens with zero attached hydrogens (tertiary/aromatic N) is 1. The lowest BCUT2D eigenvalue weighted by molar-refractivity contribution is 0.0997. The second kappa shape index (κ2) is 5.48. The van der Waals surface area contributed by atoms with Crippen molar-refractivity contribution in [1.29, 1.82) is 0 Å². The van der Waals surface area contributed by atoms with Crippen molar-refractivity contribution in [3.8, 4) is 5.75 Å². The lowest BCUT2D eigenvalue weighted by Gasteiger charge is -2.31. The SMILES string of the molecule is Cc1ccc(C(=O)CN2CCOc3cccc(N)c32)cc1. The summed E-state index contributed by atoms with van der Waals surface area (Å²) >= 11 is 0. The smallest absolute Gasteiger partial charge is 0.182 e. The van der Waals surface area contributed by atoms with Crippen LogP contribution in [0.2, 0.25) is 0 Å². The minimum atomic E-state index is 0.0890. The highest BCUT2D eigenvalue weighted by atomic mass is 16.5. The topological polar surface area (TPSA) is 55.6 Å². The molecule has 3 rings (SSSR count). The number of nitrogens with two attached hydrogens (primary N) is 1. The molecule has 0 radical (unpaired) electrons. The van der Waals surface area contributed by atoms with Crippen molar-refractivity contribution in [3.05, 3.63) is 53.6 Å². The van der Waals surface area contributed by atoms with E-state index in [9.17, 15) is 4.79 Å². The molecular weight excluding hydrogens is 264 g/mol. The number of para-hydroxylation sites is 1. The average Bonchev–Trinajstić information content (AvgIpc) is 2.48. The van der Waals surface area contributed by atoms with Crippen molar-refractivity contribution >= 4 is 17.2 Å². The fraction of sp³-hybridized carbons (Fsp3) is 0.235. The van der Waals surface area contributed by atoms with Gasteiger partial charge in [0.05, 0.1) is 18.8 Å². The maximum Gasteiger partial charge on any atom is 0.182 e. The first-order chi connectivity index (χ1) is 10.1. The molecule has 0 spiro atoms. The van der Waals surface area contributed by atoms with Crippen LogP contribution in [0.15, 0.2) is 42.5 Å². The number of ketones is 1. The summed E-state index contributed by atoms with van der Waals surface area (Å²) in [6.45, 7) is 3.55. The fourth-order valence-corrected chi connectivity index (χ4v) is 2.53. The second-order valence-electron chi connectivity index (χ2n) is 5.25. The molecule has 0 saturated carbocycles. The number of aryl methyl sites for hydroxylation is 1. The quantitative estimate of drug-likeness (QED) is 0.694. The Hall–Kier alpha value is -2.49. The van der Waals surface area contributed by atoms with Gasteiger partial charge in [-0.15, -0.1) is 0 Å². The predicted molar refractivity (Wildman–Crippen MR) is 84.1 cm³/mol. The van der Waals surface area contributed by atoms with Crippen LogP contribution in [0.5, 0.6) is 5.75 Å². The highest BCUT2D eigenvalue weighted by Crippen LogP contribution is 2.36. The number of carbonyl (C=O) groups excluding carboxylic acids is 1. The molecule has 108 valence electrons. The summed E-state index contributed by atoms with van der Waals surface area (Å²) in [7, 11) is 0. The van der Waals surface area contributed by atoms with Crippen LogP contribution in [0.1, 0.15) is 15.9 Å². The summed E-state index contributed by atoms with van der Waals surface area (Å²) in [6.07, 6.45) is 0. The van der Waals surface area contributed by atoms with Gasteiger partial charge in [-0.25, -0.2) is 0 Å². The lowest BCUT2D eigenvalue weighted by atomic mass is 10.1. The number of hydrogen-bond acceptors (Lipinski definition) is 4. The van der Waals surface area contributed by atoms with Crippen molar-refractivity contribution in [3.63, 3.8) is 0 Å². The van der Waals surface area contributed by atoms with E-state index in [-0.39, 0.29) is 5.78 Å². The van der Waals surface area contributed by atoms with Gasteiger partial charge >= 0.3 is 0 Å². The predicted octanol–water partition coefficient (Wildman–Crippen LogP) is 2.66. The van der Waals surface area contributed by atoms with Crippen LogP contribution < -0.4 is 15.4 Å². The Morgan fingerprint density at radius 3 is 2.76 bits per heavy atom. The van der Waals surface area contributed by atoms with Crippen LogP contribution in [0.4, 0.5) is 11.4 Å². The van der Waals surface area contributed by atoms with Gasteiger partial charge in [-0.05, 0) is 19.1 Å². The summed E-state index contributed by atoms with van der Waals surface area (Å²) in [4.78, 5) is 14.4. The first-order valence-electron chi connectivity index (χ1n) is 7.01. The van der Waals surface area contributed by atoms with Crippen molar-refractivity contribution in [2.45, 2.75) is 6.92 Å². The summed E-state index contributed by atoms with van der Waals surface area (Å²) in [5.41, 5.74) is 9.37. The van der Waals surface area contributed by atoms with Crippen molar-refractivity contribution in [2.24, 2.45) is 0 Å². The Balaban J connectivity index is 1.83. The maximum absolute atomic E-state index is 12.4. The highest BCUT2D eigenvalue weighted by molar-refractivity contribution is 6.00. The molecule has 1 heterocycles. The van der Waals surface area contributed by atoms with Gasteiger partial charge in [-0.1, -0.05) is 35.9 Å². The van der Waals surface area contributed by atoms with Crippen molar-refractivity contribution in [2.75, 3.05) is 30.3 Å². The van der Waals surface area contributed by atoms with Gasteiger partial charge in [0.1, 0.15) is 18.0 Å². The first kappa shape index (κ1) is 13.5. The molecule has 1 aliphatic rings. The van der Waals surface area contributed by atoms with Gasteiger partial charge in [0.2, 0.25) is 0 Å². The number of rotatable bonds is 3. The van der Waals surface area contributed by atoms with Crippen molar-refractivity contribution in [1.82, 2.24) is 0 Å². The Labute approximate surface area is 124 Å². The van der Waals surface area contributed by atoms with Gasteiger partial charge < -0.3 is 15.4 Å². The molecule has 21 heavy (non-hydrogen) atoms. The molecule has 0 unspecified atom stereocenters. The summed E-state index contributed by atoms with van der Waals surface area (Å²) in [5.74, 6) is 0.837. The Morgan fingerprint density at radius 1 is 1.24 bits per heavy atom. The Morgan fingerprint density at radius 2 is 2.00 bits per heavy atom. The van der Waals surface area contributed by atoms with Crippen LogP contribution in [0.3, 0.4) is 0 Å². The molecular formula is C17H18N2O2. The van der Waals surface area contributed by atoms with Gasteiger partial charge in [0, 0.05) is 5.56 Å². The summed E-state index contributed by atoms with van der Waals surface area (Å²) in [5, 5.41) is 0. The van der Waals surface area contributed by atoms with E-state index in [1.165, 1.54) is 0 Å². The number of fused-ring (bicyclic) bond motifs is 1. The zero-order valence-corrected chi connectivity index (χ0v) is 12.0. The minimum absolute atomic E-state index is 0.0890. The zero-order chi connectivity index (χ0) is 14.8. The molecule has 0 saturated heterocycles. The van der Waals surface area contributed by atoms with E-state index in [4.69, 9.17) is 10.5 Å². The second-order valence-corrected chi connectivity index (χ2v) is 5.25. The molecule has 1 aliphatic heterocycles. The normalized spacial score (nSPS) is 13.5.